The molecule has 0 radical (unpaired) electrons. The van der Waals surface area contributed by atoms with Crippen LogP contribution in [0, 0.1) is 6.92 Å². The zero-order valence-electron chi connectivity index (χ0n) is 24.0. The molecular weight excluding hydrogens is 596 g/mol. The van der Waals surface area contributed by atoms with Gasteiger partial charge in [0.1, 0.15) is 5.60 Å². The van der Waals surface area contributed by atoms with Crippen molar-refractivity contribution >= 4 is 68.2 Å². The number of alkyl halides is 1. The van der Waals surface area contributed by atoms with E-state index >= 15 is 0 Å². The number of carbonyl (C=O) groups excluding carboxylic acids is 4. The molecule has 12 heteroatoms. The number of methoxy groups -OCH3 is 1. The summed E-state index contributed by atoms with van der Waals surface area (Å²) in [5, 5.41) is 3.78. The second-order valence-corrected chi connectivity index (χ2v) is 11.4. The SMILES string of the molecule is COC(=O)c1c(C)[nH]c2c(OC(C)=O)cc3c(c12)C(CBr)CN3C(=O)/C=C/c1cc(NC(=O)OC(C)(C)C)cn1C. The lowest BCUT2D eigenvalue weighted by molar-refractivity contribution is -0.131. The van der Waals surface area contributed by atoms with Gasteiger partial charge in [0.15, 0.2) is 5.75 Å². The van der Waals surface area contributed by atoms with Gasteiger partial charge in [0, 0.05) is 66.9 Å². The third kappa shape index (κ3) is 6.17. The van der Waals surface area contributed by atoms with E-state index in [1.54, 1.807) is 68.6 Å². The number of ether oxygens (including phenoxy) is 3. The van der Waals surface area contributed by atoms with Crippen molar-refractivity contribution < 1.29 is 33.4 Å². The number of aromatic amines is 1. The van der Waals surface area contributed by atoms with Crippen LogP contribution >= 0.6 is 15.9 Å². The zero-order valence-corrected chi connectivity index (χ0v) is 25.6. The van der Waals surface area contributed by atoms with Crippen LogP contribution in [-0.4, -0.2) is 58.1 Å². The highest BCUT2D eigenvalue weighted by atomic mass is 79.9. The van der Waals surface area contributed by atoms with Crippen LogP contribution in [0.5, 0.6) is 5.75 Å². The Morgan fingerprint density at radius 1 is 1.22 bits per heavy atom. The topological polar surface area (TPSA) is 132 Å². The number of rotatable bonds is 6. The molecule has 218 valence electrons. The highest BCUT2D eigenvalue weighted by molar-refractivity contribution is 9.09. The van der Waals surface area contributed by atoms with Gasteiger partial charge in [-0.1, -0.05) is 15.9 Å². The van der Waals surface area contributed by atoms with Crippen LogP contribution in [0.25, 0.3) is 17.0 Å². The zero-order chi connectivity index (χ0) is 30.2. The van der Waals surface area contributed by atoms with Crippen LogP contribution < -0.4 is 15.0 Å². The number of anilines is 2. The molecule has 1 unspecified atom stereocenters. The largest absolute Gasteiger partial charge is 0.465 e. The van der Waals surface area contributed by atoms with E-state index in [0.29, 0.717) is 51.1 Å². The van der Waals surface area contributed by atoms with E-state index in [9.17, 15) is 19.2 Å². The average molecular weight is 630 g/mol. The Morgan fingerprint density at radius 2 is 1.93 bits per heavy atom. The number of benzene rings is 1. The second-order valence-electron chi connectivity index (χ2n) is 10.8. The van der Waals surface area contributed by atoms with E-state index in [4.69, 9.17) is 14.2 Å². The highest BCUT2D eigenvalue weighted by Gasteiger charge is 2.37. The third-order valence-electron chi connectivity index (χ3n) is 6.53. The van der Waals surface area contributed by atoms with E-state index in [0.717, 1.165) is 5.56 Å². The van der Waals surface area contributed by atoms with E-state index in [1.165, 1.54) is 20.1 Å². The number of esters is 2. The van der Waals surface area contributed by atoms with Crippen molar-refractivity contribution in [1.29, 1.82) is 0 Å². The van der Waals surface area contributed by atoms with E-state index in [-0.39, 0.29) is 17.6 Å². The number of hydrogen-bond acceptors (Lipinski definition) is 7. The van der Waals surface area contributed by atoms with Crippen molar-refractivity contribution in [2.75, 3.05) is 29.2 Å². The minimum absolute atomic E-state index is 0.144. The van der Waals surface area contributed by atoms with Gasteiger partial charge in [0.05, 0.1) is 29.6 Å². The smallest absolute Gasteiger partial charge is 0.412 e. The van der Waals surface area contributed by atoms with Crippen molar-refractivity contribution in [3.05, 3.63) is 46.9 Å². The summed E-state index contributed by atoms with van der Waals surface area (Å²) >= 11 is 3.56. The van der Waals surface area contributed by atoms with Gasteiger partial charge < -0.3 is 28.7 Å². The minimum Gasteiger partial charge on any atom is -0.465 e. The molecule has 0 bridgehead atoms. The normalized spacial score (nSPS) is 14.8. The molecule has 0 spiro atoms. The van der Waals surface area contributed by atoms with E-state index in [1.807, 2.05) is 0 Å². The maximum atomic E-state index is 13.6. The lowest BCUT2D eigenvalue weighted by Crippen LogP contribution is -2.28. The number of nitrogens with zero attached hydrogens (tertiary/aromatic N) is 2. The number of fused-ring (bicyclic) bond motifs is 3. The predicted molar refractivity (Wildman–Crippen MR) is 159 cm³/mol. The second kappa shape index (κ2) is 11.4. The molecule has 0 aliphatic carbocycles. The first-order chi connectivity index (χ1) is 19.2. The van der Waals surface area contributed by atoms with E-state index < -0.39 is 23.6 Å². The Morgan fingerprint density at radius 3 is 2.54 bits per heavy atom. The van der Waals surface area contributed by atoms with Gasteiger partial charge in [0.25, 0.3) is 5.91 Å². The Balaban J connectivity index is 1.71. The molecule has 1 aromatic carbocycles. The molecule has 1 atom stereocenters. The maximum Gasteiger partial charge on any atom is 0.412 e. The van der Waals surface area contributed by atoms with Crippen LogP contribution in [0.3, 0.4) is 0 Å². The summed E-state index contributed by atoms with van der Waals surface area (Å²) < 4.78 is 17.6. The van der Waals surface area contributed by atoms with Gasteiger partial charge in [0.2, 0.25) is 0 Å². The van der Waals surface area contributed by atoms with Crippen molar-refractivity contribution in [2.24, 2.45) is 7.05 Å². The van der Waals surface area contributed by atoms with Gasteiger partial charge in [-0.2, -0.15) is 0 Å². The van der Waals surface area contributed by atoms with Gasteiger partial charge in [-0.05, 0) is 45.4 Å². The van der Waals surface area contributed by atoms with Crippen LogP contribution in [0.4, 0.5) is 16.2 Å². The fourth-order valence-corrected chi connectivity index (χ4v) is 5.47. The van der Waals surface area contributed by atoms with Crippen molar-refractivity contribution in [2.45, 2.75) is 46.1 Å². The Labute approximate surface area is 245 Å². The highest BCUT2D eigenvalue weighted by Crippen LogP contribution is 2.47. The Bertz CT molecular complexity index is 1580. The van der Waals surface area contributed by atoms with Crippen molar-refractivity contribution in [1.82, 2.24) is 9.55 Å². The first kappa shape index (κ1) is 29.9. The quantitative estimate of drug-likeness (QED) is 0.161. The Hall–Kier alpha value is -4.06. The number of halogens is 1. The molecule has 4 rings (SSSR count). The molecule has 2 N–H and O–H groups in total. The molecule has 2 aromatic heterocycles. The monoisotopic (exact) mass is 628 g/mol. The molecule has 41 heavy (non-hydrogen) atoms. The molecule has 0 fully saturated rings. The standard InChI is InChI=1S/C29H33BrN4O7/c1-15-23(27(37)39-7)25-24-17(12-30)13-34(20(24)11-21(26(25)31-15)40-16(2)35)22(36)9-8-19-10-18(14-33(19)6)32-28(38)41-29(3,4)5/h8-11,14,17,31H,12-13H2,1-7H3,(H,32,38)/b9-8+. The fraction of sp³-hybridized carbons (Fsp3) is 0.379. The molecule has 3 heterocycles. The average Bonchev–Trinajstić information content (AvgIpc) is 3.52. The molecule has 1 aliphatic rings. The number of H-pyrrole nitrogens is 1. The summed E-state index contributed by atoms with van der Waals surface area (Å²) in [5.41, 5.74) is 3.26. The fourth-order valence-electron chi connectivity index (χ4n) is 4.94. The molecular formula is C29H33BrN4O7. The van der Waals surface area contributed by atoms with Crippen LogP contribution in [0.15, 0.2) is 24.4 Å². The van der Waals surface area contributed by atoms with Gasteiger partial charge in [-0.15, -0.1) is 0 Å². The Kier molecular flexibility index (Phi) is 8.34. The third-order valence-corrected chi connectivity index (χ3v) is 7.31. The summed E-state index contributed by atoms with van der Waals surface area (Å²) in [4.78, 5) is 55.2. The lowest BCUT2D eigenvalue weighted by Gasteiger charge is -2.19. The molecule has 0 saturated carbocycles. The van der Waals surface area contributed by atoms with Gasteiger partial charge in [-0.25, -0.2) is 9.59 Å². The van der Waals surface area contributed by atoms with E-state index in [2.05, 4.69) is 26.2 Å². The molecule has 1 aliphatic heterocycles. The summed E-state index contributed by atoms with van der Waals surface area (Å²) in [6.45, 7) is 8.71. The molecule has 0 saturated heterocycles. The number of hydrogen-bond donors (Lipinski definition) is 2. The molecule has 11 nitrogen and oxygen atoms in total. The molecule has 3 aromatic rings. The number of carbonyl (C=O) groups is 4. The van der Waals surface area contributed by atoms with Crippen LogP contribution in [0.1, 0.15) is 60.9 Å². The van der Waals surface area contributed by atoms with Crippen LogP contribution in [-0.2, 0) is 26.1 Å². The number of aromatic nitrogens is 2. The number of nitrogens with one attached hydrogen (secondary N) is 2. The number of amides is 2. The summed E-state index contributed by atoms with van der Waals surface area (Å²) in [6, 6.07) is 3.37. The summed E-state index contributed by atoms with van der Waals surface area (Å²) in [5.74, 6) is -1.31. The summed E-state index contributed by atoms with van der Waals surface area (Å²) in [7, 11) is 3.10. The van der Waals surface area contributed by atoms with Gasteiger partial charge >= 0.3 is 18.0 Å². The van der Waals surface area contributed by atoms with Gasteiger partial charge in [-0.3, -0.25) is 14.9 Å². The molecule has 2 amide bonds. The summed E-state index contributed by atoms with van der Waals surface area (Å²) in [6.07, 6.45) is 4.22. The lowest BCUT2D eigenvalue weighted by atomic mass is 9.95. The number of aryl methyl sites for hydroxylation is 2. The van der Waals surface area contributed by atoms with Crippen molar-refractivity contribution in [3.8, 4) is 5.75 Å². The first-order valence-electron chi connectivity index (χ1n) is 12.9. The maximum absolute atomic E-state index is 13.6. The van der Waals surface area contributed by atoms with Crippen molar-refractivity contribution in [3.63, 3.8) is 0 Å². The predicted octanol–water partition coefficient (Wildman–Crippen LogP) is 5.41. The van der Waals surface area contributed by atoms with Crippen LogP contribution in [0.2, 0.25) is 0 Å². The first-order valence-corrected chi connectivity index (χ1v) is 14.0. The minimum atomic E-state index is -0.634.